The summed E-state index contributed by atoms with van der Waals surface area (Å²) in [5.74, 6) is 0. The van der Waals surface area contributed by atoms with Crippen molar-refractivity contribution in [2.45, 2.75) is 215 Å². The summed E-state index contributed by atoms with van der Waals surface area (Å²) in [6, 6.07) is 0. The van der Waals surface area contributed by atoms with Gasteiger partial charge >= 0.3 is 0 Å². The van der Waals surface area contributed by atoms with Crippen LogP contribution in [-0.2, 0) is 61.6 Å². The second-order valence-electron chi connectivity index (χ2n) is 19.6. The van der Waals surface area contributed by atoms with Crippen molar-refractivity contribution in [3.05, 3.63) is 0 Å². The molecular weight excluding hydrogens is 1080 g/mol. The van der Waals surface area contributed by atoms with Crippen LogP contribution in [0.4, 0.5) is 0 Å². The maximum atomic E-state index is 11.7. The van der Waals surface area contributed by atoms with Gasteiger partial charge in [0, 0.05) is 0 Å². The fraction of sp³-hybridized carbons (Fsp3) is 1.00. The van der Waals surface area contributed by atoms with E-state index < -0.39 is 261 Å². The fourth-order valence-corrected chi connectivity index (χ4v) is 9.97. The van der Waals surface area contributed by atoms with Crippen LogP contribution in [0.25, 0.3) is 0 Å². The van der Waals surface area contributed by atoms with Crippen LogP contribution in [-0.4, -0.2) is 379 Å². The van der Waals surface area contributed by atoms with Gasteiger partial charge in [-0.05, 0) is 0 Å². The Morgan fingerprint density at radius 3 is 0.590 bits per heavy atom. The van der Waals surface area contributed by atoms with Gasteiger partial charge in [-0.1, -0.05) is 0 Å². The average molecular weight is 1150 g/mol. The lowest BCUT2D eigenvalue weighted by molar-refractivity contribution is -0.400. The van der Waals surface area contributed by atoms with Crippen molar-refractivity contribution in [3.63, 3.8) is 0 Å². The molecule has 7 aliphatic rings. The van der Waals surface area contributed by atoms with Gasteiger partial charge in [0.15, 0.2) is 44.0 Å². The molecule has 7 aliphatic heterocycles. The van der Waals surface area contributed by atoms with Crippen molar-refractivity contribution < 1.29 is 179 Å². The SMILES string of the molecule is OC[C@H]1O[C@@H](O[C@H]2[C@@H](O)[C@@H](CO)O[C@@H](O[C@H]3[C@@H](O)[C@@H](CO)O[C@@H](O[C@H]4[C@@H](O)[C@@H](CO)O[C@@H](O[C@H]5[C@@H](O)[C@@H](CO)O[C@@H](O[C@H]6[C@@H](O)[C@@H](CO)O[C@@H](O[C@@H]7[C@@H](O)[C@H](O)O[C@H](CO)[C@@H]7O)[C@@H]6O)[C@@H]5O)[C@@H]4O)[C@@H]3O)[C@@H]2O)[C@H](O)[C@@H](O)[C@H]1O. The highest BCUT2D eigenvalue weighted by Gasteiger charge is 2.59. The van der Waals surface area contributed by atoms with Crippen molar-refractivity contribution in [2.75, 3.05) is 46.2 Å². The molecule has 7 rings (SSSR count). The van der Waals surface area contributed by atoms with Crippen molar-refractivity contribution in [1.29, 1.82) is 0 Å². The number of aliphatic hydroxyl groups is 23. The van der Waals surface area contributed by atoms with Gasteiger partial charge in [-0.15, -0.1) is 0 Å². The highest BCUT2D eigenvalue weighted by atomic mass is 16.8. The summed E-state index contributed by atoms with van der Waals surface area (Å²) in [6.07, 6.45) is -70.1. The number of hydrogen-bond donors (Lipinski definition) is 23. The quantitative estimate of drug-likeness (QED) is 0.0571. The summed E-state index contributed by atoms with van der Waals surface area (Å²) in [4.78, 5) is 0. The number of aliphatic hydroxyl groups excluding tert-OH is 23. The highest BCUT2D eigenvalue weighted by molar-refractivity contribution is 5.01. The van der Waals surface area contributed by atoms with E-state index in [0.717, 1.165) is 0 Å². The number of rotatable bonds is 19. The smallest absolute Gasteiger partial charge is 0.187 e. The molecule has 36 nitrogen and oxygen atoms in total. The lowest BCUT2D eigenvalue weighted by atomic mass is 9.95. The monoisotopic (exact) mass is 1150 g/mol. The summed E-state index contributed by atoms with van der Waals surface area (Å²) in [6.45, 7) is -7.04. The van der Waals surface area contributed by atoms with Crippen LogP contribution < -0.4 is 0 Å². The van der Waals surface area contributed by atoms with Crippen LogP contribution in [0.5, 0.6) is 0 Å². The van der Waals surface area contributed by atoms with E-state index in [9.17, 15) is 117 Å². The molecule has 0 aliphatic carbocycles. The van der Waals surface area contributed by atoms with Gasteiger partial charge in [-0.2, -0.15) is 0 Å². The standard InChI is InChI=1S/C42H72O36/c43-1-8-15(50)22(57)23(58)37(67-8)74-31-17(52)10(3-45)69-39(25(31)60)76-33-19(54)12(5-47)71-41(27(33)62)78-35-21(56)14(7-49)72-42(29(35)64)77-34-20(55)13(6-48)70-40(28(34)63)75-32-18(53)11(4-46)68-38(26(32)61)73-30-16(51)9(2-44)66-36(65)24(30)59/h8-65H,1-7H2/t8-,9-,10-,11-,12-,13-,14-,15+,16+,17+,18+,19+,20+,21+,22+,23-,24-,25-,26-,27-,28-,29-,30+,31+,32+,33+,34+,35+,36-,37+,38+,39+,40+,41+,42+/m1/s1. The summed E-state index contributed by atoms with van der Waals surface area (Å²) in [5, 5.41) is 246. The van der Waals surface area contributed by atoms with Gasteiger partial charge in [0.1, 0.15) is 171 Å². The fourth-order valence-electron chi connectivity index (χ4n) is 9.97. The largest absolute Gasteiger partial charge is 0.394 e. The Morgan fingerprint density at radius 1 is 0.192 bits per heavy atom. The molecule has 456 valence electrons. The minimum absolute atomic E-state index is 0.880. The van der Waals surface area contributed by atoms with E-state index in [1.807, 2.05) is 0 Å². The normalized spacial score (nSPS) is 53.5. The predicted octanol–water partition coefficient (Wildman–Crippen LogP) is -16.3. The molecule has 0 bridgehead atoms. The van der Waals surface area contributed by atoms with Gasteiger partial charge in [-0.25, -0.2) is 0 Å². The zero-order chi connectivity index (χ0) is 57.3. The third-order valence-corrected chi connectivity index (χ3v) is 14.5. The molecule has 35 atom stereocenters. The Morgan fingerprint density at radius 2 is 0.372 bits per heavy atom. The average Bonchev–Trinajstić information content (AvgIpc) is 3.48. The first-order valence-corrected chi connectivity index (χ1v) is 24.7. The molecule has 78 heavy (non-hydrogen) atoms. The number of hydrogen-bond acceptors (Lipinski definition) is 36. The first kappa shape index (κ1) is 64.1. The van der Waals surface area contributed by atoms with E-state index >= 15 is 0 Å². The summed E-state index contributed by atoms with van der Waals surface area (Å²) in [5.41, 5.74) is 0. The van der Waals surface area contributed by atoms with Crippen LogP contribution in [0, 0.1) is 0 Å². The minimum Gasteiger partial charge on any atom is -0.394 e. The van der Waals surface area contributed by atoms with Gasteiger partial charge in [0.05, 0.1) is 46.2 Å². The molecular formula is C42H72O36. The third-order valence-electron chi connectivity index (χ3n) is 14.5. The molecule has 0 aromatic carbocycles. The molecule has 0 amide bonds. The van der Waals surface area contributed by atoms with Gasteiger partial charge < -0.3 is 179 Å². The van der Waals surface area contributed by atoms with Gasteiger partial charge in [0.25, 0.3) is 0 Å². The Balaban J connectivity index is 1.06. The molecule has 0 aromatic rings. The van der Waals surface area contributed by atoms with Crippen LogP contribution in [0.15, 0.2) is 0 Å². The Bertz CT molecular complexity index is 1820. The third kappa shape index (κ3) is 12.9. The lowest BCUT2D eigenvalue weighted by Gasteiger charge is -2.50. The lowest BCUT2D eigenvalue weighted by Crippen LogP contribution is -2.69. The zero-order valence-electron chi connectivity index (χ0n) is 40.8. The van der Waals surface area contributed by atoms with Crippen molar-refractivity contribution >= 4 is 0 Å². The second-order valence-corrected chi connectivity index (χ2v) is 19.6. The van der Waals surface area contributed by atoms with E-state index in [1.165, 1.54) is 0 Å². The Labute approximate surface area is 439 Å². The van der Waals surface area contributed by atoms with E-state index in [-0.39, 0.29) is 0 Å². The van der Waals surface area contributed by atoms with Crippen LogP contribution in [0.1, 0.15) is 0 Å². The van der Waals surface area contributed by atoms with E-state index in [4.69, 9.17) is 61.6 Å². The molecule has 0 unspecified atom stereocenters. The Hall–Kier alpha value is -1.44. The van der Waals surface area contributed by atoms with Crippen LogP contribution in [0.3, 0.4) is 0 Å². The Kier molecular flexibility index (Phi) is 22.6. The minimum atomic E-state index is -2.33. The van der Waals surface area contributed by atoms with Crippen molar-refractivity contribution in [1.82, 2.24) is 0 Å². The summed E-state index contributed by atoms with van der Waals surface area (Å²) in [7, 11) is 0. The van der Waals surface area contributed by atoms with Crippen LogP contribution in [0.2, 0.25) is 0 Å². The summed E-state index contributed by atoms with van der Waals surface area (Å²) < 4.78 is 72.0. The summed E-state index contributed by atoms with van der Waals surface area (Å²) >= 11 is 0. The first-order valence-electron chi connectivity index (χ1n) is 24.7. The van der Waals surface area contributed by atoms with Crippen LogP contribution >= 0.6 is 0 Å². The second kappa shape index (κ2) is 27.5. The topological polar surface area (TPSA) is 585 Å². The molecule has 0 aromatic heterocycles. The molecule has 0 radical (unpaired) electrons. The van der Waals surface area contributed by atoms with E-state index in [2.05, 4.69) is 0 Å². The van der Waals surface area contributed by atoms with Gasteiger partial charge in [-0.3, -0.25) is 0 Å². The zero-order valence-corrected chi connectivity index (χ0v) is 40.8. The van der Waals surface area contributed by atoms with E-state index in [0.29, 0.717) is 0 Å². The maximum Gasteiger partial charge on any atom is 0.187 e. The number of ether oxygens (including phenoxy) is 13. The molecule has 7 fully saturated rings. The maximum absolute atomic E-state index is 11.7. The predicted molar refractivity (Wildman–Crippen MR) is 232 cm³/mol. The highest BCUT2D eigenvalue weighted by Crippen LogP contribution is 2.38. The molecule has 0 saturated carbocycles. The molecule has 36 heteroatoms. The van der Waals surface area contributed by atoms with Crippen molar-refractivity contribution in [2.24, 2.45) is 0 Å². The molecule has 7 heterocycles. The van der Waals surface area contributed by atoms with Crippen molar-refractivity contribution in [3.8, 4) is 0 Å². The molecule has 23 N–H and O–H groups in total. The molecule has 0 spiro atoms. The first-order chi connectivity index (χ1) is 37.0. The van der Waals surface area contributed by atoms with Gasteiger partial charge in [0.2, 0.25) is 0 Å². The van der Waals surface area contributed by atoms with E-state index in [1.54, 1.807) is 0 Å². The molecule has 7 saturated heterocycles.